The molecule has 0 spiro atoms. The summed E-state index contributed by atoms with van der Waals surface area (Å²) in [4.78, 5) is 0. The highest BCUT2D eigenvalue weighted by molar-refractivity contribution is 5.56. The van der Waals surface area contributed by atoms with E-state index < -0.39 is 0 Å². The van der Waals surface area contributed by atoms with Crippen molar-refractivity contribution in [2.75, 3.05) is 37.7 Å². The number of hydrogen-bond donors (Lipinski definition) is 2. The Morgan fingerprint density at radius 3 is 2.38 bits per heavy atom. The lowest BCUT2D eigenvalue weighted by molar-refractivity contribution is -0.906. The number of nitrogens with one attached hydrogen (secondary N) is 1. The molecule has 0 saturated heterocycles. The predicted molar refractivity (Wildman–Crippen MR) is 90.0 cm³/mol. The molecule has 0 aromatic heterocycles. The lowest BCUT2D eigenvalue weighted by atomic mass is 10.1. The van der Waals surface area contributed by atoms with Gasteiger partial charge in [-0.3, -0.25) is 0 Å². The van der Waals surface area contributed by atoms with Gasteiger partial charge in [0.05, 0.1) is 26.7 Å². The molecule has 1 unspecified atom stereocenters. The molecule has 3 nitrogen and oxygen atoms in total. The van der Waals surface area contributed by atoms with Gasteiger partial charge in [0, 0.05) is 17.4 Å². The summed E-state index contributed by atoms with van der Waals surface area (Å²) < 4.78 is 1.17. The molecule has 0 aliphatic heterocycles. The van der Waals surface area contributed by atoms with Crippen LogP contribution in [0.3, 0.4) is 0 Å². The number of nitrogens with zero attached hydrogens (tertiary/aromatic N) is 1. The van der Waals surface area contributed by atoms with E-state index in [4.69, 9.17) is 5.73 Å². The molecule has 1 atom stereocenters. The zero-order valence-corrected chi connectivity index (χ0v) is 15.0. The second kappa shape index (κ2) is 9.16. The summed E-state index contributed by atoms with van der Waals surface area (Å²) in [5, 5.41) is 3.57. The van der Waals surface area contributed by atoms with Gasteiger partial charge in [0.1, 0.15) is 0 Å². The summed E-state index contributed by atoms with van der Waals surface area (Å²) in [6.45, 7) is 12.6. The first-order valence-corrected chi connectivity index (χ1v) is 7.86. The van der Waals surface area contributed by atoms with E-state index in [1.54, 1.807) is 0 Å². The average molecular weight is 314 g/mol. The first kappa shape index (κ1) is 20.1. The molecule has 21 heavy (non-hydrogen) atoms. The van der Waals surface area contributed by atoms with Gasteiger partial charge < -0.3 is 27.9 Å². The monoisotopic (exact) mass is 313 g/mol. The summed E-state index contributed by atoms with van der Waals surface area (Å²) in [6, 6.07) is 6.67. The zero-order valence-electron chi connectivity index (χ0n) is 14.2. The number of quaternary nitrogens is 1. The van der Waals surface area contributed by atoms with Crippen LogP contribution in [0.1, 0.15) is 39.2 Å². The minimum atomic E-state index is 0. The maximum absolute atomic E-state index is 5.85. The first-order valence-electron chi connectivity index (χ1n) is 7.86. The Kier molecular flexibility index (Phi) is 8.76. The number of halogens is 1. The van der Waals surface area contributed by atoms with Gasteiger partial charge in [-0.25, -0.2) is 0 Å². The molecule has 4 heteroatoms. The van der Waals surface area contributed by atoms with Crippen LogP contribution in [-0.2, 0) is 0 Å². The van der Waals surface area contributed by atoms with Crippen molar-refractivity contribution in [1.82, 2.24) is 0 Å². The minimum Gasteiger partial charge on any atom is -1.00 e. The van der Waals surface area contributed by atoms with Gasteiger partial charge >= 0.3 is 0 Å². The standard InChI is InChI=1S/C17H32N3.ClH/c1-6-20(5,7-2)12-8-9-15(4)19-16-10-11-17(18)14(3)13-16;/h10-11,13,15,19H,6-9,12,18H2,1-5H3;1H/q+1;/p-1. The SMILES string of the molecule is CC[N+](C)(CC)CCCC(C)Nc1ccc(N)c(C)c1.[Cl-]. The van der Waals surface area contributed by atoms with Crippen LogP contribution in [0.25, 0.3) is 0 Å². The molecule has 0 bridgehead atoms. The summed E-state index contributed by atoms with van der Waals surface area (Å²) >= 11 is 0. The third kappa shape index (κ3) is 6.58. The minimum absolute atomic E-state index is 0. The maximum Gasteiger partial charge on any atom is 0.0785 e. The normalized spacial score (nSPS) is 12.6. The van der Waals surface area contributed by atoms with Gasteiger partial charge in [-0.15, -0.1) is 0 Å². The first-order chi connectivity index (χ1) is 9.40. The quantitative estimate of drug-likeness (QED) is 0.546. The number of aryl methyl sites for hydroxylation is 1. The second-order valence-electron chi connectivity index (χ2n) is 6.23. The third-order valence-corrected chi connectivity index (χ3v) is 4.54. The van der Waals surface area contributed by atoms with Crippen molar-refractivity contribution in [3.8, 4) is 0 Å². The van der Waals surface area contributed by atoms with E-state index in [9.17, 15) is 0 Å². The Morgan fingerprint density at radius 2 is 1.86 bits per heavy atom. The highest BCUT2D eigenvalue weighted by atomic mass is 35.5. The van der Waals surface area contributed by atoms with Crippen LogP contribution in [0.5, 0.6) is 0 Å². The molecular weight excluding hydrogens is 282 g/mol. The Hall–Kier alpha value is -0.930. The van der Waals surface area contributed by atoms with E-state index in [1.807, 2.05) is 6.07 Å². The Labute approximate surface area is 136 Å². The molecule has 0 amide bonds. The van der Waals surface area contributed by atoms with Crippen LogP contribution in [0.15, 0.2) is 18.2 Å². The van der Waals surface area contributed by atoms with Gasteiger partial charge in [0.15, 0.2) is 0 Å². The van der Waals surface area contributed by atoms with Crippen molar-refractivity contribution in [2.45, 2.75) is 46.6 Å². The molecule has 0 saturated carbocycles. The van der Waals surface area contributed by atoms with Gasteiger partial charge in [-0.1, -0.05) is 0 Å². The molecule has 0 heterocycles. The molecule has 0 fully saturated rings. The van der Waals surface area contributed by atoms with E-state index in [0.29, 0.717) is 6.04 Å². The molecule has 1 aromatic rings. The molecule has 122 valence electrons. The van der Waals surface area contributed by atoms with E-state index in [-0.39, 0.29) is 12.4 Å². The van der Waals surface area contributed by atoms with Crippen LogP contribution < -0.4 is 23.5 Å². The lowest BCUT2D eigenvalue weighted by Crippen LogP contribution is -3.00. The van der Waals surface area contributed by atoms with Crippen molar-refractivity contribution >= 4 is 11.4 Å². The van der Waals surface area contributed by atoms with E-state index >= 15 is 0 Å². The van der Waals surface area contributed by atoms with Gasteiger partial charge in [-0.05, 0) is 64.3 Å². The number of nitrogens with two attached hydrogens (primary N) is 1. The molecule has 1 rings (SSSR count). The van der Waals surface area contributed by atoms with Gasteiger partial charge in [0.25, 0.3) is 0 Å². The van der Waals surface area contributed by atoms with Crippen molar-refractivity contribution < 1.29 is 16.9 Å². The van der Waals surface area contributed by atoms with Crippen LogP contribution in [0.2, 0.25) is 0 Å². The molecule has 0 aliphatic rings. The lowest BCUT2D eigenvalue weighted by Gasteiger charge is -2.32. The molecule has 3 N–H and O–H groups in total. The number of anilines is 2. The molecule has 1 aromatic carbocycles. The van der Waals surface area contributed by atoms with Crippen LogP contribution in [-0.4, -0.2) is 37.2 Å². The Bertz CT molecular complexity index is 416. The largest absolute Gasteiger partial charge is 1.00 e. The number of benzene rings is 1. The highest BCUT2D eigenvalue weighted by Crippen LogP contribution is 2.18. The van der Waals surface area contributed by atoms with Crippen LogP contribution >= 0.6 is 0 Å². The van der Waals surface area contributed by atoms with Gasteiger partial charge in [-0.2, -0.15) is 0 Å². The highest BCUT2D eigenvalue weighted by Gasteiger charge is 2.16. The topological polar surface area (TPSA) is 38.0 Å². The smallest absolute Gasteiger partial charge is 0.0785 e. The number of rotatable bonds is 8. The summed E-state index contributed by atoms with van der Waals surface area (Å²) in [5.41, 5.74) is 9.03. The average Bonchev–Trinajstić information content (AvgIpc) is 2.42. The fourth-order valence-corrected chi connectivity index (χ4v) is 2.44. The Morgan fingerprint density at radius 1 is 1.24 bits per heavy atom. The molecule has 0 radical (unpaired) electrons. The zero-order chi connectivity index (χ0) is 15.2. The fraction of sp³-hybridized carbons (Fsp3) is 0.647. The van der Waals surface area contributed by atoms with E-state index in [1.165, 1.54) is 42.6 Å². The summed E-state index contributed by atoms with van der Waals surface area (Å²) in [7, 11) is 2.35. The third-order valence-electron chi connectivity index (χ3n) is 4.54. The number of nitrogen functional groups attached to an aromatic ring is 1. The van der Waals surface area contributed by atoms with E-state index in [2.05, 4.69) is 52.2 Å². The number of hydrogen-bond acceptors (Lipinski definition) is 2. The van der Waals surface area contributed by atoms with Crippen LogP contribution in [0, 0.1) is 6.92 Å². The Balaban J connectivity index is 0.00000400. The van der Waals surface area contributed by atoms with Crippen molar-refractivity contribution in [1.29, 1.82) is 0 Å². The maximum atomic E-state index is 5.85. The van der Waals surface area contributed by atoms with Crippen LogP contribution in [0.4, 0.5) is 11.4 Å². The van der Waals surface area contributed by atoms with E-state index in [0.717, 1.165) is 11.3 Å². The predicted octanol–water partition coefficient (Wildman–Crippen LogP) is 0.648. The van der Waals surface area contributed by atoms with Crippen molar-refractivity contribution in [3.63, 3.8) is 0 Å². The second-order valence-corrected chi connectivity index (χ2v) is 6.23. The fourth-order valence-electron chi connectivity index (χ4n) is 2.44. The molecule has 0 aliphatic carbocycles. The van der Waals surface area contributed by atoms with Crippen molar-refractivity contribution in [2.24, 2.45) is 0 Å². The molecular formula is C17H32ClN3. The summed E-state index contributed by atoms with van der Waals surface area (Å²) in [5.74, 6) is 0. The summed E-state index contributed by atoms with van der Waals surface area (Å²) in [6.07, 6.45) is 2.47. The van der Waals surface area contributed by atoms with Gasteiger partial charge in [0.2, 0.25) is 0 Å². The van der Waals surface area contributed by atoms with Crippen molar-refractivity contribution in [3.05, 3.63) is 23.8 Å².